The number of methoxy groups -OCH3 is 1. The fourth-order valence-electron chi connectivity index (χ4n) is 2.74. The summed E-state index contributed by atoms with van der Waals surface area (Å²) in [6, 6.07) is 12.9. The molecule has 3 rings (SSSR count). The second-order valence-electron chi connectivity index (χ2n) is 5.70. The zero-order valence-electron chi connectivity index (χ0n) is 13.7. The zero-order valence-corrected chi connectivity index (χ0v) is 13.7. The molecule has 5 heteroatoms. The third-order valence-corrected chi connectivity index (χ3v) is 4.07. The molecular weight excluding hydrogens is 306 g/mol. The number of nitrogens with zero attached hydrogens (tertiary/aromatic N) is 1. The van der Waals surface area contributed by atoms with Crippen LogP contribution in [0.3, 0.4) is 0 Å². The standard InChI is InChI=1S/C19H19NO4/c1-13(21)16-7-8-18-17(11-16)20(9-10-24-18)12-14-3-5-15(6-4-14)19(22)23-2/h3-8,11H,9-10,12H2,1-2H3. The fraction of sp³-hybridized carbons (Fsp3) is 0.263. The van der Waals surface area contributed by atoms with Gasteiger partial charge in [0.15, 0.2) is 5.78 Å². The number of hydrogen-bond acceptors (Lipinski definition) is 5. The molecule has 0 amide bonds. The maximum Gasteiger partial charge on any atom is 0.337 e. The van der Waals surface area contributed by atoms with Crippen molar-refractivity contribution in [2.75, 3.05) is 25.2 Å². The molecule has 2 aromatic rings. The van der Waals surface area contributed by atoms with Crippen molar-refractivity contribution in [3.8, 4) is 5.75 Å². The molecule has 1 heterocycles. The van der Waals surface area contributed by atoms with Gasteiger partial charge in [0, 0.05) is 12.1 Å². The van der Waals surface area contributed by atoms with Crippen molar-refractivity contribution in [1.82, 2.24) is 0 Å². The predicted molar refractivity (Wildman–Crippen MR) is 90.8 cm³/mol. The van der Waals surface area contributed by atoms with Crippen LogP contribution in [-0.4, -0.2) is 32.0 Å². The van der Waals surface area contributed by atoms with Crippen LogP contribution in [0, 0.1) is 0 Å². The van der Waals surface area contributed by atoms with Crippen molar-refractivity contribution in [3.05, 3.63) is 59.2 Å². The maximum absolute atomic E-state index is 11.6. The lowest BCUT2D eigenvalue weighted by atomic mass is 10.1. The largest absolute Gasteiger partial charge is 0.490 e. The molecule has 0 aliphatic carbocycles. The average Bonchev–Trinajstić information content (AvgIpc) is 2.61. The molecule has 0 bridgehead atoms. The summed E-state index contributed by atoms with van der Waals surface area (Å²) >= 11 is 0. The molecule has 124 valence electrons. The average molecular weight is 325 g/mol. The Morgan fingerprint density at radius 2 is 1.83 bits per heavy atom. The molecule has 0 N–H and O–H groups in total. The minimum atomic E-state index is -0.343. The van der Waals surface area contributed by atoms with E-state index in [0.29, 0.717) is 24.3 Å². The summed E-state index contributed by atoms with van der Waals surface area (Å²) in [4.78, 5) is 25.3. The molecular formula is C19H19NO4. The second-order valence-corrected chi connectivity index (χ2v) is 5.70. The molecule has 1 aliphatic heterocycles. The highest BCUT2D eigenvalue weighted by Crippen LogP contribution is 2.33. The predicted octanol–water partition coefficient (Wildman–Crippen LogP) is 3.07. The van der Waals surface area contributed by atoms with Crippen LogP contribution in [0.2, 0.25) is 0 Å². The first kappa shape index (κ1) is 16.1. The first-order valence-electron chi connectivity index (χ1n) is 7.78. The van der Waals surface area contributed by atoms with Gasteiger partial charge in [-0.1, -0.05) is 12.1 Å². The third-order valence-electron chi connectivity index (χ3n) is 4.07. The van der Waals surface area contributed by atoms with Crippen LogP contribution in [0.4, 0.5) is 5.69 Å². The number of hydrogen-bond donors (Lipinski definition) is 0. The van der Waals surface area contributed by atoms with Crippen molar-refractivity contribution in [3.63, 3.8) is 0 Å². The number of carbonyl (C=O) groups is 2. The number of fused-ring (bicyclic) bond motifs is 1. The number of carbonyl (C=O) groups excluding carboxylic acids is 2. The zero-order chi connectivity index (χ0) is 17.1. The molecule has 0 spiro atoms. The number of Topliss-reactive ketones (excluding diaryl/α,β-unsaturated/α-hetero) is 1. The Morgan fingerprint density at radius 3 is 2.50 bits per heavy atom. The number of benzene rings is 2. The SMILES string of the molecule is COC(=O)c1ccc(CN2CCOc3ccc(C(C)=O)cc32)cc1. The van der Waals surface area contributed by atoms with Crippen molar-refractivity contribution in [2.45, 2.75) is 13.5 Å². The summed E-state index contributed by atoms with van der Waals surface area (Å²) in [7, 11) is 1.37. The minimum Gasteiger partial charge on any atom is -0.490 e. The van der Waals surface area contributed by atoms with E-state index in [4.69, 9.17) is 9.47 Å². The molecule has 5 nitrogen and oxygen atoms in total. The lowest BCUT2D eigenvalue weighted by Crippen LogP contribution is -2.32. The molecule has 0 atom stereocenters. The minimum absolute atomic E-state index is 0.0331. The Labute approximate surface area is 140 Å². The van der Waals surface area contributed by atoms with E-state index < -0.39 is 0 Å². The molecule has 0 unspecified atom stereocenters. The van der Waals surface area contributed by atoms with Gasteiger partial charge in [0.25, 0.3) is 0 Å². The van der Waals surface area contributed by atoms with Crippen LogP contribution < -0.4 is 9.64 Å². The van der Waals surface area contributed by atoms with E-state index in [0.717, 1.165) is 23.5 Å². The van der Waals surface area contributed by atoms with Crippen molar-refractivity contribution in [1.29, 1.82) is 0 Å². The Kier molecular flexibility index (Phi) is 4.51. The summed E-state index contributed by atoms with van der Waals surface area (Å²) < 4.78 is 10.4. The summed E-state index contributed by atoms with van der Waals surface area (Å²) in [5.74, 6) is 0.479. The Balaban J connectivity index is 1.83. The van der Waals surface area contributed by atoms with Gasteiger partial charge in [-0.15, -0.1) is 0 Å². The molecule has 24 heavy (non-hydrogen) atoms. The van der Waals surface area contributed by atoms with Crippen molar-refractivity contribution < 1.29 is 19.1 Å². The summed E-state index contributed by atoms with van der Waals surface area (Å²) in [5.41, 5.74) is 3.20. The molecule has 1 aliphatic rings. The topological polar surface area (TPSA) is 55.8 Å². The monoisotopic (exact) mass is 325 g/mol. The highest BCUT2D eigenvalue weighted by Gasteiger charge is 2.19. The lowest BCUT2D eigenvalue weighted by Gasteiger charge is -2.31. The Hall–Kier alpha value is -2.82. The van der Waals surface area contributed by atoms with E-state index in [9.17, 15) is 9.59 Å². The van der Waals surface area contributed by atoms with E-state index >= 15 is 0 Å². The van der Waals surface area contributed by atoms with Crippen LogP contribution in [0.5, 0.6) is 5.75 Å². The van der Waals surface area contributed by atoms with E-state index in [1.807, 2.05) is 24.3 Å². The van der Waals surface area contributed by atoms with E-state index in [1.165, 1.54) is 7.11 Å². The first-order chi connectivity index (χ1) is 11.6. The summed E-state index contributed by atoms with van der Waals surface area (Å²) in [6.07, 6.45) is 0. The van der Waals surface area contributed by atoms with Crippen molar-refractivity contribution >= 4 is 17.4 Å². The van der Waals surface area contributed by atoms with Crippen LogP contribution in [0.25, 0.3) is 0 Å². The van der Waals surface area contributed by atoms with Crippen LogP contribution >= 0.6 is 0 Å². The number of rotatable bonds is 4. The van der Waals surface area contributed by atoms with E-state index in [-0.39, 0.29) is 11.8 Å². The number of anilines is 1. The summed E-state index contributed by atoms with van der Waals surface area (Å²) in [6.45, 7) is 3.58. The van der Waals surface area contributed by atoms with Gasteiger partial charge in [-0.3, -0.25) is 4.79 Å². The molecule has 0 saturated heterocycles. The van der Waals surface area contributed by atoms with Gasteiger partial charge in [-0.25, -0.2) is 4.79 Å². The molecule has 0 fully saturated rings. The normalized spacial score (nSPS) is 13.0. The smallest absolute Gasteiger partial charge is 0.337 e. The van der Waals surface area contributed by atoms with E-state index in [1.54, 1.807) is 25.1 Å². The molecule has 2 aromatic carbocycles. The van der Waals surface area contributed by atoms with Gasteiger partial charge in [0.2, 0.25) is 0 Å². The third kappa shape index (κ3) is 3.25. The number of ether oxygens (including phenoxy) is 2. The first-order valence-corrected chi connectivity index (χ1v) is 7.78. The van der Waals surface area contributed by atoms with Gasteiger partial charge in [0.05, 0.1) is 24.9 Å². The summed E-state index contributed by atoms with van der Waals surface area (Å²) in [5, 5.41) is 0. The fourth-order valence-corrected chi connectivity index (χ4v) is 2.74. The van der Waals surface area contributed by atoms with Gasteiger partial charge in [-0.2, -0.15) is 0 Å². The Morgan fingerprint density at radius 1 is 1.12 bits per heavy atom. The van der Waals surface area contributed by atoms with Crippen LogP contribution in [-0.2, 0) is 11.3 Å². The number of ketones is 1. The van der Waals surface area contributed by atoms with Crippen molar-refractivity contribution in [2.24, 2.45) is 0 Å². The van der Waals surface area contributed by atoms with Crippen LogP contribution in [0.15, 0.2) is 42.5 Å². The number of esters is 1. The molecule has 0 radical (unpaired) electrons. The van der Waals surface area contributed by atoms with E-state index in [2.05, 4.69) is 4.90 Å². The molecule has 0 aromatic heterocycles. The van der Waals surface area contributed by atoms with Gasteiger partial charge in [0.1, 0.15) is 12.4 Å². The quantitative estimate of drug-likeness (QED) is 0.639. The van der Waals surface area contributed by atoms with Crippen LogP contribution in [0.1, 0.15) is 33.2 Å². The van der Waals surface area contributed by atoms with Gasteiger partial charge in [-0.05, 0) is 42.8 Å². The highest BCUT2D eigenvalue weighted by molar-refractivity contribution is 5.95. The maximum atomic E-state index is 11.6. The highest BCUT2D eigenvalue weighted by atomic mass is 16.5. The van der Waals surface area contributed by atoms with Gasteiger partial charge >= 0.3 is 5.97 Å². The second kappa shape index (κ2) is 6.74. The lowest BCUT2D eigenvalue weighted by molar-refractivity contribution is 0.0600. The Bertz CT molecular complexity index is 767. The molecule has 0 saturated carbocycles. The van der Waals surface area contributed by atoms with Gasteiger partial charge < -0.3 is 14.4 Å².